The average Bonchev–Trinajstić information content (AvgIpc) is 3.03. The number of hydrogen-bond acceptors (Lipinski definition) is 5. The van der Waals surface area contributed by atoms with Crippen molar-refractivity contribution in [3.05, 3.63) is 75.5 Å². The third-order valence-electron chi connectivity index (χ3n) is 3.84. The number of benzene rings is 2. The normalized spacial score (nSPS) is 11.9. The summed E-state index contributed by atoms with van der Waals surface area (Å²) in [5.41, 5.74) is 1.56. The van der Waals surface area contributed by atoms with Crippen LogP contribution in [0.5, 0.6) is 0 Å². The topological polar surface area (TPSA) is 56.3 Å². The van der Waals surface area contributed by atoms with E-state index < -0.39 is 12.1 Å². The number of halogens is 2. The van der Waals surface area contributed by atoms with Gasteiger partial charge >= 0.3 is 5.97 Å². The van der Waals surface area contributed by atoms with E-state index in [9.17, 15) is 14.0 Å². The number of Topliss-reactive ketones (excluding diaryl/α,β-unsaturated/α-hetero) is 1. The summed E-state index contributed by atoms with van der Waals surface area (Å²) in [6, 6.07) is 12.3. The molecule has 138 valence electrons. The first-order valence-corrected chi connectivity index (χ1v) is 9.28. The van der Waals surface area contributed by atoms with Gasteiger partial charge in [-0.1, -0.05) is 23.7 Å². The van der Waals surface area contributed by atoms with Crippen LogP contribution in [0.15, 0.2) is 48.5 Å². The Labute approximate surface area is 164 Å². The van der Waals surface area contributed by atoms with Crippen molar-refractivity contribution in [3.8, 4) is 10.6 Å². The molecule has 0 radical (unpaired) electrons. The van der Waals surface area contributed by atoms with Crippen molar-refractivity contribution in [2.24, 2.45) is 0 Å². The van der Waals surface area contributed by atoms with Gasteiger partial charge in [-0.15, -0.1) is 11.3 Å². The molecule has 1 atom stereocenters. The van der Waals surface area contributed by atoms with Crippen LogP contribution in [0, 0.1) is 12.7 Å². The van der Waals surface area contributed by atoms with Crippen molar-refractivity contribution in [3.63, 3.8) is 0 Å². The lowest BCUT2D eigenvalue weighted by Gasteiger charge is -2.12. The van der Waals surface area contributed by atoms with E-state index in [-0.39, 0.29) is 11.6 Å². The summed E-state index contributed by atoms with van der Waals surface area (Å²) in [4.78, 5) is 29.6. The fourth-order valence-electron chi connectivity index (χ4n) is 2.45. The van der Waals surface area contributed by atoms with Gasteiger partial charge in [0.05, 0.1) is 5.69 Å². The van der Waals surface area contributed by atoms with Gasteiger partial charge in [-0.2, -0.15) is 0 Å². The molecule has 27 heavy (non-hydrogen) atoms. The summed E-state index contributed by atoms with van der Waals surface area (Å²) >= 11 is 7.03. The number of carbonyl (C=O) groups is 2. The zero-order chi connectivity index (χ0) is 19.6. The molecule has 0 aliphatic heterocycles. The maximum absolute atomic E-state index is 13.1. The zero-order valence-electron chi connectivity index (χ0n) is 14.5. The van der Waals surface area contributed by atoms with Crippen LogP contribution >= 0.6 is 22.9 Å². The second-order valence-electron chi connectivity index (χ2n) is 5.86. The number of thiazole rings is 1. The summed E-state index contributed by atoms with van der Waals surface area (Å²) in [6.07, 6.45) is -0.966. The highest BCUT2D eigenvalue weighted by Crippen LogP contribution is 2.29. The number of hydrogen-bond donors (Lipinski definition) is 0. The number of nitrogens with zero attached hydrogens (tertiary/aromatic N) is 1. The van der Waals surface area contributed by atoms with Crippen molar-refractivity contribution < 1.29 is 18.7 Å². The minimum Gasteiger partial charge on any atom is -0.450 e. The lowest BCUT2D eigenvalue weighted by molar-refractivity contribution is 0.0322. The molecule has 7 heteroatoms. The van der Waals surface area contributed by atoms with E-state index in [0.717, 1.165) is 11.3 Å². The van der Waals surface area contributed by atoms with Gasteiger partial charge in [0.1, 0.15) is 15.7 Å². The molecule has 1 unspecified atom stereocenters. The molecule has 3 aromatic rings. The number of ether oxygens (including phenoxy) is 1. The van der Waals surface area contributed by atoms with Gasteiger partial charge in [-0.3, -0.25) is 4.79 Å². The number of aryl methyl sites for hydroxylation is 1. The van der Waals surface area contributed by atoms with Crippen LogP contribution in [0.3, 0.4) is 0 Å². The Morgan fingerprint density at radius 3 is 2.56 bits per heavy atom. The number of aromatic nitrogens is 1. The van der Waals surface area contributed by atoms with Crippen molar-refractivity contribution in [1.82, 2.24) is 4.98 Å². The molecule has 0 amide bonds. The molecule has 3 rings (SSSR count). The molecule has 0 aliphatic carbocycles. The molecule has 0 N–H and O–H groups in total. The third-order valence-corrected chi connectivity index (χ3v) is 5.26. The first kappa shape index (κ1) is 19.2. The van der Waals surface area contributed by atoms with Gasteiger partial charge in [0.15, 0.2) is 6.10 Å². The summed E-state index contributed by atoms with van der Waals surface area (Å²) in [6.45, 7) is 3.20. The molecule has 0 saturated carbocycles. The Hall–Kier alpha value is -2.57. The third kappa shape index (κ3) is 4.40. The van der Waals surface area contributed by atoms with Gasteiger partial charge in [0, 0.05) is 16.1 Å². The molecule has 0 spiro atoms. The van der Waals surface area contributed by atoms with Gasteiger partial charge in [-0.25, -0.2) is 14.2 Å². The van der Waals surface area contributed by atoms with E-state index in [4.69, 9.17) is 16.3 Å². The first-order chi connectivity index (χ1) is 12.8. The molecule has 0 saturated heterocycles. The van der Waals surface area contributed by atoms with Crippen molar-refractivity contribution in [2.45, 2.75) is 20.0 Å². The minimum atomic E-state index is -0.966. The highest BCUT2D eigenvalue weighted by atomic mass is 35.5. The van der Waals surface area contributed by atoms with Crippen LogP contribution < -0.4 is 0 Å². The Bertz CT molecular complexity index is 1000. The van der Waals surface area contributed by atoms with Crippen molar-refractivity contribution >= 4 is 34.7 Å². The van der Waals surface area contributed by atoms with E-state index >= 15 is 0 Å². The SMILES string of the molecule is Cc1nc(-c2ccc(F)cc2)sc1C(=O)OC(C)C(=O)c1cccc(Cl)c1. The highest BCUT2D eigenvalue weighted by molar-refractivity contribution is 7.17. The first-order valence-electron chi connectivity index (χ1n) is 8.09. The van der Waals surface area contributed by atoms with Crippen LogP contribution in [-0.2, 0) is 4.74 Å². The fourth-order valence-corrected chi connectivity index (χ4v) is 3.59. The summed E-state index contributed by atoms with van der Waals surface area (Å²) in [7, 11) is 0. The lowest BCUT2D eigenvalue weighted by Crippen LogP contribution is -2.24. The smallest absolute Gasteiger partial charge is 0.350 e. The van der Waals surface area contributed by atoms with E-state index in [1.165, 1.54) is 25.1 Å². The predicted octanol–water partition coefficient (Wildman–Crippen LogP) is 5.34. The van der Waals surface area contributed by atoms with Crippen LogP contribution in [0.25, 0.3) is 10.6 Å². The zero-order valence-corrected chi connectivity index (χ0v) is 16.1. The maximum Gasteiger partial charge on any atom is 0.350 e. The van der Waals surface area contributed by atoms with Gasteiger partial charge < -0.3 is 4.74 Å². The second kappa shape index (κ2) is 7.98. The molecule has 4 nitrogen and oxygen atoms in total. The van der Waals surface area contributed by atoms with Gasteiger partial charge in [-0.05, 0) is 50.2 Å². The number of esters is 1. The molecular weight excluding hydrogens is 389 g/mol. The predicted molar refractivity (Wildman–Crippen MR) is 103 cm³/mol. The summed E-state index contributed by atoms with van der Waals surface area (Å²) in [5, 5.41) is 1.01. The van der Waals surface area contributed by atoms with Gasteiger partial charge in [0.2, 0.25) is 5.78 Å². The molecular formula is C20H15ClFNO3S. The van der Waals surface area contributed by atoms with E-state index in [1.807, 2.05) is 0 Å². The monoisotopic (exact) mass is 403 g/mol. The van der Waals surface area contributed by atoms with Gasteiger partial charge in [0.25, 0.3) is 0 Å². The Morgan fingerprint density at radius 1 is 1.19 bits per heavy atom. The van der Waals surface area contributed by atoms with E-state index in [1.54, 1.807) is 37.3 Å². The van der Waals surface area contributed by atoms with E-state index in [2.05, 4.69) is 4.98 Å². The maximum atomic E-state index is 13.1. The number of rotatable bonds is 5. The molecule has 0 fully saturated rings. The van der Waals surface area contributed by atoms with Crippen LogP contribution in [-0.4, -0.2) is 22.8 Å². The Kier molecular flexibility index (Phi) is 5.68. The summed E-state index contributed by atoms with van der Waals surface area (Å²) < 4.78 is 18.4. The molecule has 0 aliphatic rings. The number of carbonyl (C=O) groups excluding carboxylic acids is 2. The molecule has 0 bridgehead atoms. The summed E-state index contributed by atoms with van der Waals surface area (Å²) in [5.74, 6) is -1.31. The van der Waals surface area contributed by atoms with Crippen LogP contribution in [0.4, 0.5) is 4.39 Å². The minimum absolute atomic E-state index is 0.306. The standard InChI is InChI=1S/C20H15ClFNO3S/c1-11-18(27-19(23-11)13-6-8-16(22)9-7-13)20(25)26-12(2)17(24)14-4-3-5-15(21)10-14/h3-10,12H,1-2H3. The fraction of sp³-hybridized carbons (Fsp3) is 0.150. The van der Waals surface area contributed by atoms with Crippen LogP contribution in [0.2, 0.25) is 5.02 Å². The molecule has 1 aromatic heterocycles. The lowest BCUT2D eigenvalue weighted by atomic mass is 10.1. The van der Waals surface area contributed by atoms with Crippen LogP contribution in [0.1, 0.15) is 32.6 Å². The molecule has 1 heterocycles. The highest BCUT2D eigenvalue weighted by Gasteiger charge is 2.24. The average molecular weight is 404 g/mol. The van der Waals surface area contributed by atoms with E-state index in [0.29, 0.717) is 31.7 Å². The number of ketones is 1. The molecule has 2 aromatic carbocycles. The largest absolute Gasteiger partial charge is 0.450 e. The Morgan fingerprint density at radius 2 is 1.89 bits per heavy atom. The second-order valence-corrected chi connectivity index (χ2v) is 7.30. The van der Waals surface area contributed by atoms with Crippen molar-refractivity contribution in [1.29, 1.82) is 0 Å². The quantitative estimate of drug-likeness (QED) is 0.426. The Balaban J connectivity index is 1.76. The van der Waals surface area contributed by atoms with Crippen molar-refractivity contribution in [2.75, 3.05) is 0 Å².